The molecule has 6 heteroatoms. The molecule has 0 aliphatic rings. The molecule has 0 bridgehead atoms. The smallest absolute Gasteiger partial charge is 0.331 e. The van der Waals surface area contributed by atoms with Crippen molar-refractivity contribution in [2.75, 3.05) is 0 Å². The number of aryl methyl sites for hydroxylation is 1. The average Bonchev–Trinajstić information content (AvgIpc) is 3.09. The van der Waals surface area contributed by atoms with Gasteiger partial charge in [-0.05, 0) is 36.8 Å². The van der Waals surface area contributed by atoms with Crippen LogP contribution in [0, 0.1) is 6.92 Å². The van der Waals surface area contributed by atoms with Crippen LogP contribution in [0.15, 0.2) is 61.1 Å². The number of benzene rings is 1. The molecule has 0 saturated heterocycles. The van der Waals surface area contributed by atoms with Crippen molar-refractivity contribution in [2.45, 2.75) is 13.5 Å². The first kappa shape index (κ1) is 16.0. The second-order valence-electron chi connectivity index (χ2n) is 5.88. The van der Waals surface area contributed by atoms with E-state index in [-0.39, 0.29) is 6.61 Å². The fraction of sp³-hybridized carbons (Fsp3) is 0.100. The van der Waals surface area contributed by atoms with E-state index >= 15 is 0 Å². The number of rotatable bonds is 4. The zero-order valence-corrected chi connectivity index (χ0v) is 14.2. The van der Waals surface area contributed by atoms with E-state index in [1.54, 1.807) is 12.3 Å². The van der Waals surface area contributed by atoms with Crippen LogP contribution in [-0.2, 0) is 16.1 Å². The molecule has 0 atom stereocenters. The standard InChI is InChI=1S/C20H16N4O2/c1-14-5-4-10-24-12-16(23-20(14)24)13-26-19(25)9-8-15-11-21-17-6-2-3-7-18(17)22-15/h2-12H,13H2,1H3/b9-8+. The number of nitrogens with zero attached hydrogens (tertiary/aromatic N) is 4. The number of fused-ring (bicyclic) bond motifs is 2. The van der Waals surface area contributed by atoms with E-state index in [1.807, 2.05) is 60.1 Å². The summed E-state index contributed by atoms with van der Waals surface area (Å²) < 4.78 is 7.17. The first-order chi connectivity index (χ1) is 12.7. The van der Waals surface area contributed by atoms with Crippen molar-refractivity contribution in [3.63, 3.8) is 0 Å². The van der Waals surface area contributed by atoms with E-state index in [4.69, 9.17) is 4.74 Å². The van der Waals surface area contributed by atoms with E-state index in [9.17, 15) is 4.79 Å². The first-order valence-electron chi connectivity index (χ1n) is 8.19. The van der Waals surface area contributed by atoms with Crippen LogP contribution in [0.5, 0.6) is 0 Å². The van der Waals surface area contributed by atoms with E-state index in [0.717, 1.165) is 22.2 Å². The average molecular weight is 344 g/mol. The molecule has 0 saturated carbocycles. The molecule has 26 heavy (non-hydrogen) atoms. The third kappa shape index (κ3) is 3.30. The lowest BCUT2D eigenvalue weighted by atomic mass is 10.3. The van der Waals surface area contributed by atoms with Crippen molar-refractivity contribution < 1.29 is 9.53 Å². The molecule has 0 spiro atoms. The van der Waals surface area contributed by atoms with E-state index in [2.05, 4.69) is 15.0 Å². The van der Waals surface area contributed by atoms with Gasteiger partial charge in [0.1, 0.15) is 12.3 Å². The Bertz CT molecular complexity index is 1130. The first-order valence-corrected chi connectivity index (χ1v) is 8.19. The van der Waals surface area contributed by atoms with Gasteiger partial charge in [0, 0.05) is 18.5 Å². The molecule has 0 aliphatic carbocycles. The van der Waals surface area contributed by atoms with Crippen LogP contribution in [-0.4, -0.2) is 25.3 Å². The summed E-state index contributed by atoms with van der Waals surface area (Å²) in [7, 11) is 0. The molecule has 3 aromatic heterocycles. The number of carbonyl (C=O) groups excluding carboxylic acids is 1. The van der Waals surface area contributed by atoms with Gasteiger partial charge >= 0.3 is 5.97 Å². The van der Waals surface area contributed by atoms with Crippen molar-refractivity contribution in [3.05, 3.63) is 78.0 Å². The molecule has 0 amide bonds. The number of esters is 1. The van der Waals surface area contributed by atoms with Gasteiger partial charge in [-0.1, -0.05) is 18.2 Å². The van der Waals surface area contributed by atoms with Gasteiger partial charge in [0.15, 0.2) is 0 Å². The van der Waals surface area contributed by atoms with Gasteiger partial charge in [-0.25, -0.2) is 14.8 Å². The highest BCUT2D eigenvalue weighted by Gasteiger charge is 2.06. The van der Waals surface area contributed by atoms with Crippen molar-refractivity contribution in [1.29, 1.82) is 0 Å². The van der Waals surface area contributed by atoms with Crippen molar-refractivity contribution in [2.24, 2.45) is 0 Å². The molecule has 4 aromatic rings. The summed E-state index contributed by atoms with van der Waals surface area (Å²) in [5.41, 5.74) is 4.83. The monoisotopic (exact) mass is 344 g/mol. The minimum Gasteiger partial charge on any atom is -0.456 e. The Morgan fingerprint density at radius 1 is 1.15 bits per heavy atom. The highest BCUT2D eigenvalue weighted by molar-refractivity contribution is 5.87. The Balaban J connectivity index is 1.42. The van der Waals surface area contributed by atoms with Crippen LogP contribution in [0.2, 0.25) is 0 Å². The van der Waals surface area contributed by atoms with Crippen molar-refractivity contribution in [3.8, 4) is 0 Å². The molecular formula is C20H16N4O2. The molecule has 0 N–H and O–H groups in total. The van der Waals surface area contributed by atoms with Crippen LogP contribution in [0.1, 0.15) is 17.0 Å². The highest BCUT2D eigenvalue weighted by Crippen LogP contribution is 2.11. The van der Waals surface area contributed by atoms with Crippen molar-refractivity contribution in [1.82, 2.24) is 19.4 Å². The fourth-order valence-corrected chi connectivity index (χ4v) is 2.67. The molecule has 0 fully saturated rings. The van der Waals surface area contributed by atoms with Gasteiger partial charge in [-0.2, -0.15) is 0 Å². The number of ether oxygens (including phenoxy) is 1. The van der Waals surface area contributed by atoms with Gasteiger partial charge in [-0.3, -0.25) is 4.98 Å². The van der Waals surface area contributed by atoms with Gasteiger partial charge in [0.2, 0.25) is 0 Å². The lowest BCUT2D eigenvalue weighted by molar-refractivity contribution is -0.139. The largest absolute Gasteiger partial charge is 0.456 e. The molecular weight excluding hydrogens is 328 g/mol. The molecule has 6 nitrogen and oxygen atoms in total. The summed E-state index contributed by atoms with van der Waals surface area (Å²) in [4.78, 5) is 25.2. The summed E-state index contributed by atoms with van der Waals surface area (Å²) >= 11 is 0. The number of pyridine rings is 1. The molecule has 0 aliphatic heterocycles. The molecule has 1 aromatic carbocycles. The summed E-state index contributed by atoms with van der Waals surface area (Å²) in [6.45, 7) is 2.11. The maximum Gasteiger partial charge on any atom is 0.331 e. The second kappa shape index (κ2) is 6.76. The second-order valence-corrected chi connectivity index (χ2v) is 5.88. The number of imidazole rings is 1. The minimum atomic E-state index is -0.450. The summed E-state index contributed by atoms with van der Waals surface area (Å²) in [5, 5.41) is 0. The topological polar surface area (TPSA) is 69.4 Å². The van der Waals surface area contributed by atoms with Gasteiger partial charge in [0.25, 0.3) is 0 Å². The Labute approximate surface area is 149 Å². The number of aromatic nitrogens is 4. The molecule has 0 unspecified atom stereocenters. The predicted molar refractivity (Wildman–Crippen MR) is 98.3 cm³/mol. The molecule has 3 heterocycles. The van der Waals surface area contributed by atoms with Gasteiger partial charge in [-0.15, -0.1) is 0 Å². The molecule has 4 rings (SSSR count). The van der Waals surface area contributed by atoms with Crippen LogP contribution in [0.3, 0.4) is 0 Å². The summed E-state index contributed by atoms with van der Waals surface area (Å²) in [5.74, 6) is -0.450. The van der Waals surface area contributed by atoms with Crippen LogP contribution >= 0.6 is 0 Å². The normalized spacial score (nSPS) is 11.4. The Hall–Kier alpha value is -3.54. The maximum absolute atomic E-state index is 11.9. The van der Waals surface area contributed by atoms with E-state index in [0.29, 0.717) is 11.4 Å². The summed E-state index contributed by atoms with van der Waals surface area (Å²) in [6.07, 6.45) is 8.33. The quantitative estimate of drug-likeness (QED) is 0.419. The number of hydrogen-bond acceptors (Lipinski definition) is 5. The Morgan fingerprint density at radius 3 is 2.85 bits per heavy atom. The van der Waals surface area contributed by atoms with E-state index < -0.39 is 5.97 Å². The number of hydrogen-bond donors (Lipinski definition) is 0. The number of para-hydroxylation sites is 2. The van der Waals surface area contributed by atoms with Crippen LogP contribution in [0.25, 0.3) is 22.8 Å². The third-order valence-electron chi connectivity index (χ3n) is 3.95. The maximum atomic E-state index is 11.9. The highest BCUT2D eigenvalue weighted by atomic mass is 16.5. The fourth-order valence-electron chi connectivity index (χ4n) is 2.67. The zero-order valence-electron chi connectivity index (χ0n) is 14.2. The SMILES string of the molecule is Cc1cccn2cc(COC(=O)/C=C/c3cnc4ccccc4n3)nc12. The van der Waals surface area contributed by atoms with Crippen LogP contribution in [0.4, 0.5) is 0 Å². The van der Waals surface area contributed by atoms with Crippen molar-refractivity contribution >= 4 is 28.7 Å². The Kier molecular flexibility index (Phi) is 4.15. The minimum absolute atomic E-state index is 0.119. The van der Waals surface area contributed by atoms with E-state index in [1.165, 1.54) is 6.08 Å². The lowest BCUT2D eigenvalue weighted by Crippen LogP contribution is -2.01. The Morgan fingerprint density at radius 2 is 2.00 bits per heavy atom. The van der Waals surface area contributed by atoms with Gasteiger partial charge < -0.3 is 9.14 Å². The predicted octanol–water partition coefficient (Wildman–Crippen LogP) is 3.34. The number of carbonyl (C=O) groups is 1. The third-order valence-corrected chi connectivity index (χ3v) is 3.95. The summed E-state index contributed by atoms with van der Waals surface area (Å²) in [6, 6.07) is 11.5. The molecule has 128 valence electrons. The zero-order chi connectivity index (χ0) is 17.9. The van der Waals surface area contributed by atoms with Crippen LogP contribution < -0.4 is 0 Å². The van der Waals surface area contributed by atoms with Gasteiger partial charge in [0.05, 0.1) is 28.6 Å². The lowest BCUT2D eigenvalue weighted by Gasteiger charge is -1.99. The molecule has 0 radical (unpaired) electrons.